The number of ketones is 1. The van der Waals surface area contributed by atoms with Gasteiger partial charge in [0, 0.05) is 5.39 Å². The maximum Gasteiger partial charge on any atom is 0.217 e. The number of carbonyl (C=O) groups is 1. The molecule has 3 rings (SSSR count). The van der Waals surface area contributed by atoms with E-state index >= 15 is 0 Å². The van der Waals surface area contributed by atoms with E-state index in [-0.39, 0.29) is 5.78 Å². The average Bonchev–Trinajstić information content (AvgIpc) is 2.94. The number of carbonyl (C=O) groups excluding carboxylic acids is 1. The lowest BCUT2D eigenvalue weighted by Gasteiger charge is -2.19. The Hall–Kier alpha value is -1.61. The minimum atomic E-state index is -0.701. The number of hydrogen-bond donors (Lipinski definition) is 1. The maximum absolute atomic E-state index is 12.3. The highest BCUT2D eigenvalue weighted by Crippen LogP contribution is 2.32. The van der Waals surface area contributed by atoms with E-state index < -0.39 is 5.54 Å². The van der Waals surface area contributed by atoms with Gasteiger partial charge in [0.25, 0.3) is 0 Å². The fourth-order valence-electron chi connectivity index (χ4n) is 2.57. The van der Waals surface area contributed by atoms with Crippen molar-refractivity contribution in [3.05, 3.63) is 36.1 Å². The summed E-state index contributed by atoms with van der Waals surface area (Å²) >= 11 is 0. The first-order valence-corrected chi connectivity index (χ1v) is 6.01. The monoisotopic (exact) mass is 229 g/mol. The van der Waals surface area contributed by atoms with Gasteiger partial charge in [0.15, 0.2) is 5.76 Å². The third-order valence-electron chi connectivity index (χ3n) is 3.60. The molecule has 0 radical (unpaired) electrons. The van der Waals surface area contributed by atoms with Crippen LogP contribution in [0.25, 0.3) is 11.0 Å². The van der Waals surface area contributed by atoms with Crippen LogP contribution in [0.3, 0.4) is 0 Å². The molecule has 2 aromatic rings. The molecule has 17 heavy (non-hydrogen) atoms. The minimum Gasteiger partial charge on any atom is -0.453 e. The molecule has 88 valence electrons. The normalized spacial score (nSPS) is 18.6. The zero-order valence-corrected chi connectivity index (χ0v) is 9.61. The lowest BCUT2D eigenvalue weighted by Crippen LogP contribution is -2.45. The van der Waals surface area contributed by atoms with Gasteiger partial charge < -0.3 is 10.2 Å². The molecule has 0 saturated heterocycles. The quantitative estimate of drug-likeness (QED) is 0.805. The van der Waals surface area contributed by atoms with Gasteiger partial charge in [0.05, 0.1) is 5.54 Å². The van der Waals surface area contributed by atoms with Crippen LogP contribution in [0.15, 0.2) is 34.7 Å². The van der Waals surface area contributed by atoms with Gasteiger partial charge in [0.2, 0.25) is 5.78 Å². The standard InChI is InChI=1S/C14H15NO2/c15-14(7-3-4-8-14)13(16)12-9-10-5-1-2-6-11(10)17-12/h1-2,5-6,9H,3-4,7-8,15H2. The number of nitrogens with two attached hydrogens (primary N) is 1. The van der Waals surface area contributed by atoms with Crippen LogP contribution in [0.2, 0.25) is 0 Å². The Kier molecular flexibility index (Phi) is 2.30. The molecule has 1 aliphatic rings. The summed E-state index contributed by atoms with van der Waals surface area (Å²) in [6.45, 7) is 0. The van der Waals surface area contributed by atoms with Crippen molar-refractivity contribution in [3.8, 4) is 0 Å². The third-order valence-corrected chi connectivity index (χ3v) is 3.60. The van der Waals surface area contributed by atoms with Crippen molar-refractivity contribution in [1.29, 1.82) is 0 Å². The molecular formula is C14H15NO2. The van der Waals surface area contributed by atoms with E-state index in [2.05, 4.69) is 0 Å². The molecule has 1 aromatic carbocycles. The Morgan fingerprint density at radius 1 is 1.24 bits per heavy atom. The molecule has 0 unspecified atom stereocenters. The van der Waals surface area contributed by atoms with Crippen LogP contribution < -0.4 is 5.73 Å². The summed E-state index contributed by atoms with van der Waals surface area (Å²) in [5.74, 6) is 0.349. The van der Waals surface area contributed by atoms with Crippen molar-refractivity contribution < 1.29 is 9.21 Å². The molecule has 0 amide bonds. The predicted molar refractivity (Wildman–Crippen MR) is 65.9 cm³/mol. The fraction of sp³-hybridized carbons (Fsp3) is 0.357. The first-order valence-electron chi connectivity index (χ1n) is 6.01. The number of benzene rings is 1. The van der Waals surface area contributed by atoms with E-state index in [9.17, 15) is 4.79 Å². The summed E-state index contributed by atoms with van der Waals surface area (Å²) in [7, 11) is 0. The van der Waals surface area contributed by atoms with Crippen LogP contribution in [0.5, 0.6) is 0 Å². The number of hydrogen-bond acceptors (Lipinski definition) is 3. The van der Waals surface area contributed by atoms with E-state index in [1.165, 1.54) is 0 Å². The summed E-state index contributed by atoms with van der Waals surface area (Å²) in [5.41, 5.74) is 6.19. The van der Waals surface area contributed by atoms with Crippen molar-refractivity contribution in [2.45, 2.75) is 31.2 Å². The van der Waals surface area contributed by atoms with Gasteiger partial charge in [-0.3, -0.25) is 4.79 Å². The number of rotatable bonds is 2. The van der Waals surface area contributed by atoms with Crippen molar-refractivity contribution in [2.75, 3.05) is 0 Å². The molecule has 0 bridgehead atoms. The van der Waals surface area contributed by atoms with Crippen molar-refractivity contribution in [3.63, 3.8) is 0 Å². The summed E-state index contributed by atoms with van der Waals surface area (Å²) < 4.78 is 5.58. The zero-order valence-electron chi connectivity index (χ0n) is 9.61. The van der Waals surface area contributed by atoms with Gasteiger partial charge >= 0.3 is 0 Å². The van der Waals surface area contributed by atoms with Crippen molar-refractivity contribution >= 4 is 16.8 Å². The van der Waals surface area contributed by atoms with Crippen LogP contribution in [0.4, 0.5) is 0 Å². The molecule has 1 heterocycles. The number of fused-ring (bicyclic) bond motifs is 1. The maximum atomic E-state index is 12.3. The molecule has 3 heteroatoms. The van der Waals surface area contributed by atoms with E-state index in [1.54, 1.807) is 6.07 Å². The van der Waals surface area contributed by atoms with Crippen molar-refractivity contribution in [1.82, 2.24) is 0 Å². The zero-order chi connectivity index (χ0) is 11.9. The second kappa shape index (κ2) is 3.70. The van der Waals surface area contributed by atoms with Crippen molar-refractivity contribution in [2.24, 2.45) is 5.73 Å². The molecule has 0 spiro atoms. The third kappa shape index (κ3) is 1.67. The largest absolute Gasteiger partial charge is 0.453 e. The summed E-state index contributed by atoms with van der Waals surface area (Å²) in [5, 5.41) is 0.956. The van der Waals surface area contributed by atoms with Gasteiger partial charge in [0.1, 0.15) is 5.58 Å². The number of furan rings is 1. The fourth-order valence-corrected chi connectivity index (χ4v) is 2.57. The SMILES string of the molecule is NC1(C(=O)c2cc3ccccc3o2)CCCC1. The van der Waals surface area contributed by atoms with Crippen LogP contribution in [-0.4, -0.2) is 11.3 Å². The van der Waals surface area contributed by atoms with E-state index in [0.717, 1.165) is 36.7 Å². The number of para-hydroxylation sites is 1. The van der Waals surface area contributed by atoms with Crippen LogP contribution in [-0.2, 0) is 0 Å². The summed E-state index contributed by atoms with van der Waals surface area (Å²) in [4.78, 5) is 12.3. The first-order chi connectivity index (χ1) is 8.19. The molecule has 1 saturated carbocycles. The molecule has 1 fully saturated rings. The molecule has 1 aliphatic carbocycles. The highest BCUT2D eigenvalue weighted by Gasteiger charge is 2.39. The molecular weight excluding hydrogens is 214 g/mol. The van der Waals surface area contributed by atoms with Gasteiger partial charge in [-0.25, -0.2) is 0 Å². The van der Waals surface area contributed by atoms with Gasteiger partial charge in [-0.1, -0.05) is 31.0 Å². The van der Waals surface area contributed by atoms with Crippen LogP contribution in [0, 0.1) is 0 Å². The molecule has 0 aliphatic heterocycles. The lowest BCUT2D eigenvalue weighted by atomic mass is 9.92. The Morgan fingerprint density at radius 2 is 1.94 bits per heavy atom. The molecule has 1 aromatic heterocycles. The molecule has 3 nitrogen and oxygen atoms in total. The molecule has 0 atom stereocenters. The Bertz CT molecular complexity index is 531. The number of Topliss-reactive ketones (excluding diaryl/α,β-unsaturated/α-hetero) is 1. The Morgan fingerprint density at radius 3 is 2.65 bits per heavy atom. The Labute approximate surface area is 99.6 Å². The lowest BCUT2D eigenvalue weighted by molar-refractivity contribution is 0.0865. The van der Waals surface area contributed by atoms with E-state index in [1.807, 2.05) is 24.3 Å². The smallest absolute Gasteiger partial charge is 0.217 e. The van der Waals surface area contributed by atoms with Crippen LogP contribution >= 0.6 is 0 Å². The second-order valence-electron chi connectivity index (χ2n) is 4.84. The minimum absolute atomic E-state index is 0.0498. The van der Waals surface area contributed by atoms with Gasteiger partial charge in [-0.05, 0) is 25.0 Å². The molecule has 2 N–H and O–H groups in total. The van der Waals surface area contributed by atoms with E-state index in [4.69, 9.17) is 10.2 Å². The second-order valence-corrected chi connectivity index (χ2v) is 4.84. The van der Waals surface area contributed by atoms with Crippen LogP contribution in [0.1, 0.15) is 36.2 Å². The predicted octanol–water partition coefficient (Wildman–Crippen LogP) is 2.89. The highest BCUT2D eigenvalue weighted by molar-refractivity contribution is 6.03. The Balaban J connectivity index is 2.01. The average molecular weight is 229 g/mol. The van der Waals surface area contributed by atoms with Gasteiger partial charge in [-0.15, -0.1) is 0 Å². The summed E-state index contributed by atoms with van der Waals surface area (Å²) in [6.07, 6.45) is 3.59. The van der Waals surface area contributed by atoms with E-state index in [0.29, 0.717) is 5.76 Å². The van der Waals surface area contributed by atoms with Gasteiger partial charge in [-0.2, -0.15) is 0 Å². The topological polar surface area (TPSA) is 56.2 Å². The highest BCUT2D eigenvalue weighted by atomic mass is 16.3. The summed E-state index contributed by atoms with van der Waals surface area (Å²) in [6, 6.07) is 9.43. The first kappa shape index (κ1) is 10.5.